The van der Waals surface area contributed by atoms with Gasteiger partial charge >= 0.3 is 6.18 Å². The van der Waals surface area contributed by atoms with Crippen LogP contribution < -0.4 is 0 Å². The van der Waals surface area contributed by atoms with Crippen molar-refractivity contribution in [2.24, 2.45) is 0 Å². The van der Waals surface area contributed by atoms with Crippen molar-refractivity contribution in [3.63, 3.8) is 0 Å². The van der Waals surface area contributed by atoms with Gasteiger partial charge in [0.25, 0.3) is 0 Å². The van der Waals surface area contributed by atoms with E-state index in [9.17, 15) is 13.2 Å². The van der Waals surface area contributed by atoms with Gasteiger partial charge in [0.05, 0.1) is 0 Å². The van der Waals surface area contributed by atoms with E-state index in [1.807, 2.05) is 0 Å². The molecule has 0 aliphatic heterocycles. The lowest BCUT2D eigenvalue weighted by Crippen LogP contribution is -2.07. The summed E-state index contributed by atoms with van der Waals surface area (Å²) in [6.45, 7) is 1.80. The van der Waals surface area contributed by atoms with Crippen molar-refractivity contribution in [3.8, 4) is 5.82 Å². The molecule has 0 N–H and O–H groups in total. The van der Waals surface area contributed by atoms with Crippen LogP contribution in [0.4, 0.5) is 13.2 Å². The molecule has 0 amide bonds. The summed E-state index contributed by atoms with van der Waals surface area (Å²) < 4.78 is 38.2. The maximum atomic E-state index is 12.4. The number of rotatable bonds is 1. The Labute approximate surface area is 99.8 Å². The van der Waals surface area contributed by atoms with Gasteiger partial charge in [0.2, 0.25) is 0 Å². The van der Waals surface area contributed by atoms with Crippen molar-refractivity contribution in [3.05, 3.63) is 40.8 Å². The molecule has 0 aromatic carbocycles. The Balaban J connectivity index is 2.50. The lowest BCUT2D eigenvalue weighted by molar-refractivity contribution is -0.141. The lowest BCUT2D eigenvalue weighted by Gasteiger charge is -2.03. The topological polar surface area (TPSA) is 30.7 Å². The van der Waals surface area contributed by atoms with Crippen molar-refractivity contribution in [1.82, 2.24) is 14.8 Å². The van der Waals surface area contributed by atoms with E-state index < -0.39 is 11.9 Å². The summed E-state index contributed by atoms with van der Waals surface area (Å²) >= 11 is 5.70. The Morgan fingerprint density at radius 3 is 2.53 bits per heavy atom. The van der Waals surface area contributed by atoms with Crippen molar-refractivity contribution in [2.45, 2.75) is 13.1 Å². The first-order valence-corrected chi connectivity index (χ1v) is 5.01. The molecule has 0 spiro atoms. The molecule has 0 saturated heterocycles. The lowest BCUT2D eigenvalue weighted by atomic mass is 10.3. The molecule has 0 unspecified atom stereocenters. The molecule has 90 valence electrons. The van der Waals surface area contributed by atoms with Crippen LogP contribution >= 0.6 is 11.6 Å². The Hall–Kier alpha value is -1.56. The first-order chi connectivity index (χ1) is 7.88. The van der Waals surface area contributed by atoms with Crippen LogP contribution in [0.15, 0.2) is 24.4 Å². The van der Waals surface area contributed by atoms with Gasteiger partial charge in [0, 0.05) is 12.3 Å². The van der Waals surface area contributed by atoms with E-state index in [0.717, 1.165) is 16.3 Å². The second kappa shape index (κ2) is 4.03. The van der Waals surface area contributed by atoms with Crippen molar-refractivity contribution < 1.29 is 13.2 Å². The van der Waals surface area contributed by atoms with Crippen LogP contribution in [0.2, 0.25) is 5.15 Å². The third-order valence-electron chi connectivity index (χ3n) is 2.07. The van der Waals surface area contributed by atoms with Crippen molar-refractivity contribution >= 4 is 11.6 Å². The SMILES string of the molecule is Cc1ccnc(-n2nc(C(F)(F)F)cc2Cl)c1. The zero-order chi connectivity index (χ0) is 12.6. The largest absolute Gasteiger partial charge is 0.435 e. The fraction of sp³-hybridized carbons (Fsp3) is 0.200. The highest BCUT2D eigenvalue weighted by atomic mass is 35.5. The number of hydrogen-bond acceptors (Lipinski definition) is 2. The first kappa shape index (κ1) is 11.9. The Bertz CT molecular complexity index is 548. The number of nitrogens with zero attached hydrogens (tertiary/aromatic N) is 3. The monoisotopic (exact) mass is 261 g/mol. The van der Waals surface area contributed by atoms with Crippen LogP contribution in [-0.4, -0.2) is 14.8 Å². The average Bonchev–Trinajstić information content (AvgIpc) is 2.60. The van der Waals surface area contributed by atoms with Crippen LogP contribution in [0, 0.1) is 6.92 Å². The highest BCUT2D eigenvalue weighted by Crippen LogP contribution is 2.30. The summed E-state index contributed by atoms with van der Waals surface area (Å²) in [5.41, 5.74) is -0.180. The second-order valence-electron chi connectivity index (χ2n) is 3.45. The van der Waals surface area contributed by atoms with Crippen LogP contribution in [0.3, 0.4) is 0 Å². The molecule has 2 heterocycles. The first-order valence-electron chi connectivity index (χ1n) is 4.64. The molecule has 2 rings (SSSR count). The molecule has 0 aliphatic carbocycles. The molecule has 0 saturated carbocycles. The van der Waals surface area contributed by atoms with Crippen LogP contribution in [0.1, 0.15) is 11.3 Å². The van der Waals surface area contributed by atoms with Crippen LogP contribution in [0.25, 0.3) is 5.82 Å². The Kier molecular flexibility index (Phi) is 2.82. The average molecular weight is 262 g/mol. The maximum Gasteiger partial charge on any atom is 0.435 e. The summed E-state index contributed by atoms with van der Waals surface area (Å²) in [6, 6.07) is 4.09. The van der Waals surface area contributed by atoms with E-state index in [2.05, 4.69) is 10.1 Å². The number of hydrogen-bond donors (Lipinski definition) is 0. The molecule has 2 aromatic heterocycles. The zero-order valence-electron chi connectivity index (χ0n) is 8.66. The summed E-state index contributed by atoms with van der Waals surface area (Å²) in [5.74, 6) is 0.255. The number of pyridine rings is 1. The van der Waals surface area contributed by atoms with Crippen molar-refractivity contribution in [1.29, 1.82) is 0 Å². The van der Waals surface area contributed by atoms with Gasteiger partial charge in [-0.3, -0.25) is 0 Å². The van der Waals surface area contributed by atoms with E-state index >= 15 is 0 Å². The molecular weight excluding hydrogens is 255 g/mol. The van der Waals surface area contributed by atoms with Gasteiger partial charge in [-0.1, -0.05) is 11.6 Å². The minimum absolute atomic E-state index is 0.129. The van der Waals surface area contributed by atoms with E-state index in [-0.39, 0.29) is 11.0 Å². The normalized spacial score (nSPS) is 11.8. The highest BCUT2D eigenvalue weighted by Gasteiger charge is 2.35. The van der Waals surface area contributed by atoms with Crippen LogP contribution in [-0.2, 0) is 6.18 Å². The van der Waals surface area contributed by atoms with Crippen molar-refractivity contribution in [2.75, 3.05) is 0 Å². The molecule has 7 heteroatoms. The van der Waals surface area contributed by atoms with Gasteiger partial charge in [0.1, 0.15) is 5.15 Å². The number of aromatic nitrogens is 3. The fourth-order valence-electron chi connectivity index (χ4n) is 1.29. The number of aryl methyl sites for hydroxylation is 1. The van der Waals surface area contributed by atoms with E-state index in [0.29, 0.717) is 0 Å². The molecule has 2 aromatic rings. The molecule has 0 fully saturated rings. The van der Waals surface area contributed by atoms with Gasteiger partial charge in [0.15, 0.2) is 11.5 Å². The van der Waals surface area contributed by atoms with Gasteiger partial charge in [-0.05, 0) is 24.6 Å². The maximum absolute atomic E-state index is 12.4. The van der Waals surface area contributed by atoms with Gasteiger partial charge in [-0.2, -0.15) is 18.3 Å². The zero-order valence-corrected chi connectivity index (χ0v) is 9.42. The summed E-state index contributed by atoms with van der Waals surface area (Å²) in [7, 11) is 0. The smallest absolute Gasteiger partial charge is 0.237 e. The summed E-state index contributed by atoms with van der Waals surface area (Å²) in [4.78, 5) is 3.91. The predicted molar refractivity (Wildman–Crippen MR) is 56.1 cm³/mol. The third-order valence-corrected chi connectivity index (χ3v) is 2.34. The van der Waals surface area contributed by atoms with Gasteiger partial charge in [-0.25, -0.2) is 9.67 Å². The van der Waals surface area contributed by atoms with Crippen LogP contribution in [0.5, 0.6) is 0 Å². The quantitative estimate of drug-likeness (QED) is 0.789. The van der Waals surface area contributed by atoms with E-state index in [1.54, 1.807) is 19.1 Å². The summed E-state index contributed by atoms with van der Waals surface area (Å²) in [6.07, 6.45) is -3.03. The molecular formula is C10H7ClF3N3. The van der Waals surface area contributed by atoms with E-state index in [4.69, 9.17) is 11.6 Å². The number of halogens is 4. The fourth-order valence-corrected chi connectivity index (χ4v) is 1.52. The second-order valence-corrected chi connectivity index (χ2v) is 3.84. The summed E-state index contributed by atoms with van der Waals surface area (Å²) in [5, 5.41) is 3.26. The Morgan fingerprint density at radius 2 is 2.00 bits per heavy atom. The standard InChI is InChI=1S/C10H7ClF3N3/c1-6-2-3-15-9(4-6)17-8(11)5-7(16-17)10(12,13)14/h2-5H,1H3. The molecule has 3 nitrogen and oxygen atoms in total. The highest BCUT2D eigenvalue weighted by molar-refractivity contribution is 6.29. The number of alkyl halides is 3. The minimum atomic E-state index is -4.52. The molecule has 0 bridgehead atoms. The third kappa shape index (κ3) is 2.41. The van der Waals surface area contributed by atoms with Gasteiger partial charge < -0.3 is 0 Å². The molecule has 0 atom stereocenters. The van der Waals surface area contributed by atoms with Gasteiger partial charge in [-0.15, -0.1) is 0 Å². The Morgan fingerprint density at radius 1 is 1.29 bits per heavy atom. The van der Waals surface area contributed by atoms with E-state index in [1.165, 1.54) is 6.20 Å². The molecule has 0 radical (unpaired) electrons. The predicted octanol–water partition coefficient (Wildman–Crippen LogP) is 3.25. The minimum Gasteiger partial charge on any atom is -0.237 e. The molecule has 0 aliphatic rings. The molecule has 17 heavy (non-hydrogen) atoms.